The molecule has 0 radical (unpaired) electrons. The molecule has 0 aromatic heterocycles. The van der Waals surface area contributed by atoms with Crippen molar-refractivity contribution in [1.82, 2.24) is 0 Å². The molecule has 26 heavy (non-hydrogen) atoms. The van der Waals surface area contributed by atoms with Gasteiger partial charge >= 0.3 is 5.97 Å². The monoisotopic (exact) mass is 379 g/mol. The fourth-order valence-corrected chi connectivity index (χ4v) is 3.55. The lowest BCUT2D eigenvalue weighted by atomic mass is 9.94. The van der Waals surface area contributed by atoms with Crippen LogP contribution in [-0.2, 0) is 17.8 Å². The Balaban J connectivity index is 2.39. The number of ether oxygens (including phenoxy) is 2. The first-order chi connectivity index (χ1) is 12.2. The van der Waals surface area contributed by atoms with Crippen molar-refractivity contribution in [2.45, 2.75) is 45.4 Å². The van der Waals surface area contributed by atoms with E-state index in [2.05, 4.69) is 0 Å². The molecular formula is C18H22NO6P. The van der Waals surface area contributed by atoms with Gasteiger partial charge in [0.05, 0.1) is 13.2 Å². The average molecular weight is 379 g/mol. The second-order valence-corrected chi connectivity index (χ2v) is 8.09. The number of hydrogen-bond acceptors (Lipinski definition) is 7. The van der Waals surface area contributed by atoms with Gasteiger partial charge in [0.2, 0.25) is 0 Å². The van der Waals surface area contributed by atoms with Crippen LogP contribution < -0.4 is 4.74 Å². The van der Waals surface area contributed by atoms with Crippen LogP contribution in [-0.4, -0.2) is 33.1 Å². The van der Waals surface area contributed by atoms with Crippen LogP contribution >= 0.6 is 8.38 Å². The Morgan fingerprint density at radius 3 is 2.69 bits per heavy atom. The largest absolute Gasteiger partial charge is 0.507 e. The number of esters is 1. The molecule has 8 heteroatoms. The maximum atomic E-state index is 11.9. The maximum absolute atomic E-state index is 11.9. The van der Waals surface area contributed by atoms with Crippen molar-refractivity contribution in [3.8, 4) is 17.6 Å². The fraction of sp³-hybridized carbons (Fsp3) is 0.444. The smallest absolute Gasteiger partial charge is 0.342 e. The van der Waals surface area contributed by atoms with Crippen molar-refractivity contribution < 1.29 is 29.2 Å². The molecule has 1 heterocycles. The van der Waals surface area contributed by atoms with Crippen molar-refractivity contribution in [2.75, 3.05) is 7.11 Å². The number of nitriles is 1. The number of cyclic esters (lactones) is 1. The zero-order valence-electron chi connectivity index (χ0n) is 15.2. The normalized spacial score (nSPS) is 16.1. The summed E-state index contributed by atoms with van der Waals surface area (Å²) in [4.78, 5) is 30.8. The predicted octanol–water partition coefficient (Wildman–Crippen LogP) is 2.84. The minimum Gasteiger partial charge on any atom is -0.507 e. The van der Waals surface area contributed by atoms with E-state index in [0.717, 1.165) is 11.1 Å². The molecule has 1 unspecified atom stereocenters. The minimum absolute atomic E-state index is 0.107. The van der Waals surface area contributed by atoms with Gasteiger partial charge < -0.3 is 24.4 Å². The molecular weight excluding hydrogens is 357 g/mol. The molecule has 1 aromatic rings. The number of aromatic hydroxyl groups is 1. The predicted molar refractivity (Wildman–Crippen MR) is 96.0 cm³/mol. The topological polar surface area (TPSA) is 120 Å². The molecule has 1 aliphatic rings. The number of hydrogen-bond donors (Lipinski definition) is 3. The summed E-state index contributed by atoms with van der Waals surface area (Å²) >= 11 is 0. The molecule has 0 spiro atoms. The highest BCUT2D eigenvalue weighted by Crippen LogP contribution is 2.46. The summed E-state index contributed by atoms with van der Waals surface area (Å²) in [6.45, 7) is 5.17. The standard InChI is InChI=1S/C18H22NO6P/c1-10(7-18(3,9-19)26(22)23)5-6-12-15(20)14-13(8-25-17(14)21)11(2)16(12)24-4/h5,20,22-23H,6-8H2,1-4H3/b10-5+. The quantitative estimate of drug-likeness (QED) is 0.395. The second kappa shape index (κ2) is 7.63. The summed E-state index contributed by atoms with van der Waals surface area (Å²) < 4.78 is 10.4. The van der Waals surface area contributed by atoms with Crippen LogP contribution in [0.4, 0.5) is 0 Å². The Labute approximate surface area is 153 Å². The molecule has 2 rings (SSSR count). The van der Waals surface area contributed by atoms with Crippen molar-refractivity contribution >= 4 is 14.3 Å². The van der Waals surface area contributed by atoms with E-state index in [0.29, 0.717) is 16.9 Å². The zero-order valence-corrected chi connectivity index (χ0v) is 16.1. The molecule has 0 amide bonds. The van der Waals surface area contributed by atoms with Gasteiger partial charge in [0.25, 0.3) is 0 Å². The van der Waals surface area contributed by atoms with E-state index < -0.39 is 19.5 Å². The van der Waals surface area contributed by atoms with Crippen molar-refractivity contribution in [2.24, 2.45) is 0 Å². The lowest BCUT2D eigenvalue weighted by Crippen LogP contribution is -2.20. The Bertz CT molecular complexity index is 811. The number of methoxy groups -OCH3 is 1. The van der Waals surface area contributed by atoms with Crippen LogP contribution in [0.5, 0.6) is 11.5 Å². The van der Waals surface area contributed by atoms with Gasteiger partial charge in [-0.25, -0.2) is 4.79 Å². The number of carbonyl (C=O) groups excluding carboxylic acids is 1. The highest BCUT2D eigenvalue weighted by molar-refractivity contribution is 7.47. The van der Waals surface area contributed by atoms with Crippen molar-refractivity contribution in [3.05, 3.63) is 33.9 Å². The number of carbonyl (C=O) groups is 1. The molecule has 0 fully saturated rings. The Hall–Kier alpha value is -2.13. The molecule has 0 saturated heterocycles. The average Bonchev–Trinajstić information content (AvgIpc) is 2.98. The molecule has 3 N–H and O–H groups in total. The van der Waals surface area contributed by atoms with Crippen molar-refractivity contribution in [1.29, 1.82) is 5.26 Å². The Morgan fingerprint density at radius 1 is 1.50 bits per heavy atom. The highest BCUT2D eigenvalue weighted by Gasteiger charge is 2.34. The fourth-order valence-electron chi connectivity index (χ4n) is 3.07. The highest BCUT2D eigenvalue weighted by atomic mass is 31.2. The SMILES string of the molecule is COc1c(C)c2c(c(O)c1C/C=C(\C)CC(C)(C#N)P(O)O)C(=O)OC2. The molecule has 1 aromatic carbocycles. The van der Waals surface area contributed by atoms with Crippen LogP contribution in [0.15, 0.2) is 11.6 Å². The second-order valence-electron chi connectivity index (χ2n) is 6.52. The van der Waals surface area contributed by atoms with E-state index in [1.165, 1.54) is 14.0 Å². The van der Waals surface area contributed by atoms with Crippen LogP contribution in [0.3, 0.4) is 0 Å². The van der Waals surface area contributed by atoms with Gasteiger partial charge in [-0.15, -0.1) is 0 Å². The van der Waals surface area contributed by atoms with Gasteiger partial charge in [0.1, 0.15) is 28.8 Å². The molecule has 0 bridgehead atoms. The van der Waals surface area contributed by atoms with E-state index in [4.69, 9.17) is 9.47 Å². The van der Waals surface area contributed by atoms with Gasteiger partial charge in [-0.2, -0.15) is 5.26 Å². The summed E-state index contributed by atoms with van der Waals surface area (Å²) in [6, 6.07) is 1.94. The molecule has 1 atom stereocenters. The van der Waals surface area contributed by atoms with Gasteiger partial charge in [0, 0.05) is 11.1 Å². The van der Waals surface area contributed by atoms with E-state index in [1.807, 2.05) is 6.07 Å². The van der Waals surface area contributed by atoms with Crippen LogP contribution in [0, 0.1) is 18.3 Å². The summed E-state index contributed by atoms with van der Waals surface area (Å²) in [6.07, 6.45) is 2.22. The Kier molecular flexibility index (Phi) is 5.92. The third-order valence-electron chi connectivity index (χ3n) is 4.61. The number of phenolic OH excluding ortho intramolecular Hbond substituents is 1. The van der Waals surface area contributed by atoms with Crippen molar-refractivity contribution in [3.63, 3.8) is 0 Å². The van der Waals surface area contributed by atoms with Gasteiger partial charge in [-0.1, -0.05) is 11.6 Å². The number of fused-ring (bicyclic) bond motifs is 1. The van der Waals surface area contributed by atoms with Gasteiger partial charge in [-0.05, 0) is 39.2 Å². The first kappa shape index (κ1) is 20.2. The first-order valence-electron chi connectivity index (χ1n) is 7.99. The molecule has 0 aliphatic carbocycles. The Morgan fingerprint density at radius 2 is 2.15 bits per heavy atom. The summed E-state index contributed by atoms with van der Waals surface area (Å²) in [5, 5.41) is 18.5. The maximum Gasteiger partial charge on any atom is 0.342 e. The lowest BCUT2D eigenvalue weighted by Gasteiger charge is -2.22. The third-order valence-corrected chi connectivity index (χ3v) is 5.75. The number of nitrogens with zero attached hydrogens (tertiary/aromatic N) is 1. The first-order valence-corrected chi connectivity index (χ1v) is 9.24. The summed E-state index contributed by atoms with van der Waals surface area (Å²) in [5.41, 5.74) is 2.74. The van der Waals surface area contributed by atoms with Gasteiger partial charge in [0.15, 0.2) is 8.38 Å². The van der Waals surface area contributed by atoms with Crippen LogP contribution in [0.2, 0.25) is 0 Å². The van der Waals surface area contributed by atoms with E-state index >= 15 is 0 Å². The van der Waals surface area contributed by atoms with E-state index in [1.54, 1.807) is 19.9 Å². The number of allylic oxidation sites excluding steroid dienone is 2. The molecule has 0 saturated carbocycles. The molecule has 140 valence electrons. The molecule has 7 nitrogen and oxygen atoms in total. The van der Waals surface area contributed by atoms with Crippen LogP contribution in [0.25, 0.3) is 0 Å². The summed E-state index contributed by atoms with van der Waals surface area (Å²) in [7, 11) is -0.922. The lowest BCUT2D eigenvalue weighted by molar-refractivity contribution is 0.0533. The summed E-state index contributed by atoms with van der Waals surface area (Å²) in [5.74, 6) is -0.240. The number of phenols is 1. The number of rotatable bonds is 6. The molecule has 1 aliphatic heterocycles. The zero-order chi connectivity index (χ0) is 19.6. The van der Waals surface area contributed by atoms with Gasteiger partial charge in [-0.3, -0.25) is 0 Å². The van der Waals surface area contributed by atoms with E-state index in [-0.39, 0.29) is 30.8 Å². The third kappa shape index (κ3) is 3.54. The van der Waals surface area contributed by atoms with Crippen LogP contribution in [0.1, 0.15) is 47.3 Å². The van der Waals surface area contributed by atoms with E-state index in [9.17, 15) is 24.9 Å². The number of benzene rings is 1. The minimum atomic E-state index is -2.41.